The number of hydrogen-bond acceptors (Lipinski definition) is 2. The predicted octanol–water partition coefficient (Wildman–Crippen LogP) is 3.31. The molecule has 2 aliphatic rings. The van der Waals surface area contributed by atoms with Gasteiger partial charge < -0.3 is 15.0 Å². The molecular formula is C20H29N3O. The Kier molecular flexibility index (Phi) is 6.30. The summed E-state index contributed by atoms with van der Waals surface area (Å²) < 4.78 is 5.69. The van der Waals surface area contributed by atoms with Gasteiger partial charge in [-0.2, -0.15) is 0 Å². The lowest BCUT2D eigenvalue weighted by Gasteiger charge is -2.31. The second-order valence-electron chi connectivity index (χ2n) is 6.53. The molecule has 2 heterocycles. The molecule has 1 aromatic rings. The van der Waals surface area contributed by atoms with Crippen LogP contribution in [0.15, 0.2) is 40.9 Å². The highest BCUT2D eigenvalue weighted by atomic mass is 16.5. The molecule has 0 aliphatic carbocycles. The van der Waals surface area contributed by atoms with E-state index in [0.717, 1.165) is 58.0 Å². The van der Waals surface area contributed by atoms with Crippen LogP contribution in [-0.4, -0.2) is 49.7 Å². The summed E-state index contributed by atoms with van der Waals surface area (Å²) in [4.78, 5) is 7.20. The second kappa shape index (κ2) is 8.88. The predicted molar refractivity (Wildman–Crippen MR) is 100 cm³/mol. The van der Waals surface area contributed by atoms with Crippen molar-refractivity contribution in [3.05, 3.63) is 41.5 Å². The maximum Gasteiger partial charge on any atom is 0.194 e. The minimum absolute atomic E-state index is 0.317. The molecule has 0 saturated carbocycles. The van der Waals surface area contributed by atoms with E-state index in [1.54, 1.807) is 0 Å². The van der Waals surface area contributed by atoms with E-state index < -0.39 is 0 Å². The lowest BCUT2D eigenvalue weighted by atomic mass is 10.0. The van der Waals surface area contributed by atoms with Gasteiger partial charge in [-0.25, -0.2) is 0 Å². The molecule has 1 atom stereocenters. The zero-order chi connectivity index (χ0) is 16.6. The number of piperidine rings is 1. The number of guanidine groups is 1. The van der Waals surface area contributed by atoms with Crippen LogP contribution in [0.1, 0.15) is 38.2 Å². The van der Waals surface area contributed by atoms with E-state index in [1.165, 1.54) is 17.6 Å². The number of nitrogens with zero attached hydrogens (tertiary/aromatic N) is 2. The van der Waals surface area contributed by atoms with Crippen LogP contribution < -0.4 is 5.32 Å². The van der Waals surface area contributed by atoms with Crippen LogP contribution >= 0.6 is 0 Å². The second-order valence-corrected chi connectivity index (χ2v) is 6.53. The average molecular weight is 327 g/mol. The first kappa shape index (κ1) is 17.0. The van der Waals surface area contributed by atoms with Crippen LogP contribution in [0, 0.1) is 0 Å². The number of ether oxygens (including phenoxy) is 1. The molecule has 0 radical (unpaired) electrons. The zero-order valence-electron chi connectivity index (χ0n) is 14.7. The third-order valence-corrected chi connectivity index (χ3v) is 4.68. The number of hydrogen-bond donors (Lipinski definition) is 1. The van der Waals surface area contributed by atoms with Crippen molar-refractivity contribution in [2.75, 3.05) is 32.8 Å². The van der Waals surface area contributed by atoms with Gasteiger partial charge in [-0.05, 0) is 38.2 Å². The van der Waals surface area contributed by atoms with Crippen molar-refractivity contribution in [3.8, 4) is 0 Å². The summed E-state index contributed by atoms with van der Waals surface area (Å²) >= 11 is 0. The Morgan fingerprint density at radius 3 is 2.75 bits per heavy atom. The van der Waals surface area contributed by atoms with Crippen molar-refractivity contribution < 1.29 is 4.74 Å². The molecule has 0 spiro atoms. The van der Waals surface area contributed by atoms with Crippen molar-refractivity contribution in [3.63, 3.8) is 0 Å². The highest BCUT2D eigenvalue weighted by Crippen LogP contribution is 2.20. The third kappa shape index (κ3) is 4.84. The molecule has 4 nitrogen and oxygen atoms in total. The molecule has 2 saturated heterocycles. The Hall–Kier alpha value is -1.81. The van der Waals surface area contributed by atoms with Crippen LogP contribution in [0.4, 0.5) is 0 Å². The van der Waals surface area contributed by atoms with Crippen molar-refractivity contribution >= 4 is 12.0 Å². The van der Waals surface area contributed by atoms with E-state index in [1.807, 2.05) is 0 Å². The summed E-state index contributed by atoms with van der Waals surface area (Å²) in [6.45, 7) is 6.80. The fraction of sp³-hybridized carbons (Fsp3) is 0.550. The molecule has 0 amide bonds. The molecular weight excluding hydrogens is 298 g/mol. The normalized spacial score (nSPS) is 21.9. The van der Waals surface area contributed by atoms with Gasteiger partial charge in [0.15, 0.2) is 5.96 Å². The minimum Gasteiger partial charge on any atom is -0.376 e. The Morgan fingerprint density at radius 1 is 1.29 bits per heavy atom. The first-order valence-corrected chi connectivity index (χ1v) is 9.24. The molecule has 2 fully saturated rings. The van der Waals surface area contributed by atoms with Gasteiger partial charge in [0.05, 0.1) is 12.6 Å². The molecule has 1 unspecified atom stereocenters. The third-order valence-electron chi connectivity index (χ3n) is 4.68. The van der Waals surface area contributed by atoms with Gasteiger partial charge in [-0.1, -0.05) is 42.0 Å². The first-order valence-electron chi connectivity index (χ1n) is 9.24. The van der Waals surface area contributed by atoms with Gasteiger partial charge >= 0.3 is 0 Å². The van der Waals surface area contributed by atoms with E-state index in [-0.39, 0.29) is 0 Å². The SMILES string of the molecule is CCNC(=NCC1CCCO1)N1CCC(=Cc2ccccc2)CC1. The van der Waals surface area contributed by atoms with Crippen molar-refractivity contribution in [1.82, 2.24) is 10.2 Å². The number of likely N-dealkylation sites (tertiary alicyclic amines) is 1. The van der Waals surface area contributed by atoms with Gasteiger partial charge in [0.1, 0.15) is 0 Å². The van der Waals surface area contributed by atoms with Gasteiger partial charge in [-0.15, -0.1) is 0 Å². The molecule has 1 N–H and O–H groups in total. The maximum absolute atomic E-state index is 5.69. The van der Waals surface area contributed by atoms with Crippen LogP contribution in [0.2, 0.25) is 0 Å². The highest BCUT2D eigenvalue weighted by molar-refractivity contribution is 5.80. The van der Waals surface area contributed by atoms with Crippen LogP contribution in [0.3, 0.4) is 0 Å². The van der Waals surface area contributed by atoms with Crippen LogP contribution in [0.5, 0.6) is 0 Å². The molecule has 1 aromatic carbocycles. The Bertz CT molecular complexity index is 552. The molecule has 0 aromatic heterocycles. The van der Waals surface area contributed by atoms with Gasteiger partial charge in [0, 0.05) is 26.2 Å². The lowest BCUT2D eigenvalue weighted by molar-refractivity contribution is 0.117. The van der Waals surface area contributed by atoms with Crippen molar-refractivity contribution in [2.24, 2.45) is 4.99 Å². The van der Waals surface area contributed by atoms with Crippen molar-refractivity contribution in [2.45, 2.75) is 38.7 Å². The van der Waals surface area contributed by atoms with E-state index in [0.29, 0.717) is 6.10 Å². The Morgan fingerprint density at radius 2 is 2.08 bits per heavy atom. The molecule has 2 aliphatic heterocycles. The van der Waals surface area contributed by atoms with E-state index >= 15 is 0 Å². The fourth-order valence-corrected chi connectivity index (χ4v) is 3.34. The topological polar surface area (TPSA) is 36.9 Å². The standard InChI is InChI=1S/C20H29N3O/c1-2-21-20(22-16-19-9-6-14-24-19)23-12-10-18(11-13-23)15-17-7-4-3-5-8-17/h3-5,7-8,15,19H,2,6,9-14,16H2,1H3,(H,21,22). The smallest absolute Gasteiger partial charge is 0.194 e. The molecule has 4 heteroatoms. The van der Waals surface area contributed by atoms with Gasteiger partial charge in [0.2, 0.25) is 0 Å². The van der Waals surface area contributed by atoms with E-state index in [4.69, 9.17) is 9.73 Å². The van der Waals surface area contributed by atoms with Gasteiger partial charge in [-0.3, -0.25) is 4.99 Å². The minimum atomic E-state index is 0.317. The average Bonchev–Trinajstić information content (AvgIpc) is 3.14. The Labute approximate surface area is 145 Å². The largest absolute Gasteiger partial charge is 0.376 e. The van der Waals surface area contributed by atoms with E-state index in [9.17, 15) is 0 Å². The van der Waals surface area contributed by atoms with Crippen LogP contribution in [-0.2, 0) is 4.74 Å². The summed E-state index contributed by atoms with van der Waals surface area (Å²) in [6, 6.07) is 10.6. The summed E-state index contributed by atoms with van der Waals surface area (Å²) in [6.07, 6.45) is 7.20. The van der Waals surface area contributed by atoms with E-state index in [2.05, 4.69) is 53.5 Å². The summed E-state index contributed by atoms with van der Waals surface area (Å²) in [5.41, 5.74) is 2.84. The number of rotatable bonds is 4. The van der Waals surface area contributed by atoms with Crippen LogP contribution in [0.25, 0.3) is 6.08 Å². The monoisotopic (exact) mass is 327 g/mol. The maximum atomic E-state index is 5.69. The molecule has 0 bridgehead atoms. The quantitative estimate of drug-likeness (QED) is 0.681. The molecule has 24 heavy (non-hydrogen) atoms. The number of aliphatic imine (C=N–C) groups is 1. The van der Waals surface area contributed by atoms with Crippen molar-refractivity contribution in [1.29, 1.82) is 0 Å². The number of nitrogens with one attached hydrogen (secondary N) is 1. The lowest BCUT2D eigenvalue weighted by Crippen LogP contribution is -2.44. The summed E-state index contributed by atoms with van der Waals surface area (Å²) in [5.74, 6) is 1.05. The fourth-order valence-electron chi connectivity index (χ4n) is 3.34. The summed E-state index contributed by atoms with van der Waals surface area (Å²) in [5, 5.41) is 3.44. The molecule has 130 valence electrons. The highest BCUT2D eigenvalue weighted by Gasteiger charge is 2.19. The first-order chi connectivity index (χ1) is 11.8. The Balaban J connectivity index is 1.56. The zero-order valence-corrected chi connectivity index (χ0v) is 14.7. The number of benzene rings is 1. The molecule has 3 rings (SSSR count). The van der Waals surface area contributed by atoms with Gasteiger partial charge in [0.25, 0.3) is 0 Å². The summed E-state index contributed by atoms with van der Waals surface area (Å²) in [7, 11) is 0.